The molecule has 0 radical (unpaired) electrons. The maximum Gasteiger partial charge on any atom is 0.324 e. The molecule has 10 heteroatoms. The zero-order valence-electron chi connectivity index (χ0n) is 23.2. The van der Waals surface area contributed by atoms with Gasteiger partial charge in [0.1, 0.15) is 17.2 Å². The third-order valence-electron chi connectivity index (χ3n) is 7.96. The SMILES string of the molecule is CC(C)c1noc(N2CCC3(CCc4cc(-c5ccc(CS(=O)(=O)Cc6ccc(F)cn6)cc5)ccc4O3)CC2)n1. The molecule has 1 saturated heterocycles. The zero-order chi connectivity index (χ0) is 28.6. The number of piperidine rings is 1. The Morgan fingerprint density at radius 1 is 0.976 bits per heavy atom. The van der Waals surface area contributed by atoms with Crippen LogP contribution in [0.15, 0.2) is 65.3 Å². The summed E-state index contributed by atoms with van der Waals surface area (Å²) in [5.74, 6) is 1.09. The molecular formula is C31H33FN4O4S. The average Bonchev–Trinajstić information content (AvgIpc) is 3.46. The third-order valence-corrected chi connectivity index (χ3v) is 9.47. The minimum atomic E-state index is -3.44. The van der Waals surface area contributed by atoms with Gasteiger partial charge in [-0.2, -0.15) is 4.98 Å². The molecule has 0 N–H and O–H groups in total. The predicted octanol–water partition coefficient (Wildman–Crippen LogP) is 5.87. The third kappa shape index (κ3) is 6.12. The molecule has 4 aromatic rings. The Labute approximate surface area is 239 Å². The second kappa shape index (κ2) is 10.9. The van der Waals surface area contributed by atoms with Crippen LogP contribution >= 0.6 is 0 Å². The highest BCUT2D eigenvalue weighted by Crippen LogP contribution is 2.41. The van der Waals surface area contributed by atoms with E-state index in [-0.39, 0.29) is 23.0 Å². The number of aryl methyl sites for hydroxylation is 1. The summed E-state index contributed by atoms with van der Waals surface area (Å²) in [7, 11) is -3.44. The monoisotopic (exact) mass is 576 g/mol. The Kier molecular flexibility index (Phi) is 7.27. The lowest BCUT2D eigenvalue weighted by Gasteiger charge is -2.44. The van der Waals surface area contributed by atoms with Crippen LogP contribution in [0.2, 0.25) is 0 Å². The van der Waals surface area contributed by atoms with Crippen molar-refractivity contribution < 1.29 is 22.1 Å². The fourth-order valence-corrected chi connectivity index (χ4v) is 6.99. The first-order valence-electron chi connectivity index (χ1n) is 14.0. The van der Waals surface area contributed by atoms with E-state index < -0.39 is 15.7 Å². The van der Waals surface area contributed by atoms with E-state index >= 15 is 0 Å². The largest absolute Gasteiger partial charge is 0.487 e. The number of aromatic nitrogens is 3. The highest BCUT2D eigenvalue weighted by molar-refractivity contribution is 7.89. The molecule has 0 unspecified atom stereocenters. The van der Waals surface area contributed by atoms with Crippen LogP contribution < -0.4 is 9.64 Å². The maximum absolute atomic E-state index is 13.1. The standard InChI is InChI=1S/C31H33FN4O4S/c1-21(2)29-34-30(40-35-29)36-15-13-31(14-16-36)12-11-25-17-24(7-10-28(25)39-31)23-5-3-22(4-6-23)19-41(37,38)20-27-9-8-26(32)18-33-27/h3-10,17-18,21H,11-16,19-20H2,1-2H3. The number of rotatable bonds is 7. The smallest absolute Gasteiger partial charge is 0.324 e. The van der Waals surface area contributed by atoms with Gasteiger partial charge in [0.05, 0.1) is 23.4 Å². The van der Waals surface area contributed by atoms with E-state index in [1.165, 1.54) is 17.7 Å². The van der Waals surface area contributed by atoms with Crippen molar-refractivity contribution in [2.75, 3.05) is 18.0 Å². The molecule has 2 aliphatic heterocycles. The van der Waals surface area contributed by atoms with Gasteiger partial charge in [-0.1, -0.05) is 49.3 Å². The normalized spacial score (nSPS) is 16.5. The van der Waals surface area contributed by atoms with Crippen LogP contribution in [-0.2, 0) is 27.8 Å². The molecular weight excluding hydrogens is 543 g/mol. The number of hydrogen-bond acceptors (Lipinski definition) is 8. The van der Waals surface area contributed by atoms with Crippen LogP contribution in [0, 0.1) is 5.82 Å². The minimum absolute atomic E-state index is 0.102. The number of pyridine rings is 1. The van der Waals surface area contributed by atoms with E-state index in [9.17, 15) is 12.8 Å². The highest BCUT2D eigenvalue weighted by Gasteiger charge is 2.40. The fourth-order valence-electron chi connectivity index (χ4n) is 5.56. The van der Waals surface area contributed by atoms with Crippen LogP contribution in [0.4, 0.5) is 10.4 Å². The fraction of sp³-hybridized carbons (Fsp3) is 0.387. The van der Waals surface area contributed by atoms with Crippen LogP contribution in [0.1, 0.15) is 61.7 Å². The Morgan fingerprint density at radius 3 is 2.41 bits per heavy atom. The molecule has 6 rings (SSSR count). The van der Waals surface area contributed by atoms with E-state index in [0.29, 0.717) is 17.3 Å². The van der Waals surface area contributed by atoms with Crippen LogP contribution in [0.5, 0.6) is 5.75 Å². The molecule has 2 aliphatic rings. The van der Waals surface area contributed by atoms with Crippen LogP contribution in [-0.4, -0.2) is 42.2 Å². The Bertz CT molecular complexity index is 1630. The van der Waals surface area contributed by atoms with Crippen molar-refractivity contribution >= 4 is 15.9 Å². The van der Waals surface area contributed by atoms with Gasteiger partial charge in [0, 0.05) is 31.8 Å². The summed E-state index contributed by atoms with van der Waals surface area (Å²) < 4.78 is 50.5. The Hall–Kier alpha value is -3.79. The topological polar surface area (TPSA) is 98.4 Å². The van der Waals surface area contributed by atoms with Gasteiger partial charge in [-0.3, -0.25) is 4.98 Å². The van der Waals surface area contributed by atoms with Crippen molar-refractivity contribution in [1.82, 2.24) is 15.1 Å². The van der Waals surface area contributed by atoms with Crippen molar-refractivity contribution in [1.29, 1.82) is 0 Å². The van der Waals surface area contributed by atoms with Gasteiger partial charge in [0.25, 0.3) is 0 Å². The average molecular weight is 577 g/mol. The highest BCUT2D eigenvalue weighted by atomic mass is 32.2. The molecule has 2 aromatic carbocycles. The number of hydrogen-bond donors (Lipinski definition) is 0. The van der Waals surface area contributed by atoms with Gasteiger partial charge in [-0.25, -0.2) is 12.8 Å². The number of ether oxygens (including phenoxy) is 1. The number of halogens is 1. The van der Waals surface area contributed by atoms with Crippen molar-refractivity contribution in [2.24, 2.45) is 0 Å². The van der Waals surface area contributed by atoms with Gasteiger partial charge in [-0.15, -0.1) is 0 Å². The van der Waals surface area contributed by atoms with Crippen molar-refractivity contribution in [3.63, 3.8) is 0 Å². The zero-order valence-corrected chi connectivity index (χ0v) is 24.0. The molecule has 0 saturated carbocycles. The van der Waals surface area contributed by atoms with Crippen molar-refractivity contribution in [3.05, 3.63) is 89.3 Å². The lowest BCUT2D eigenvalue weighted by Crippen LogP contribution is -2.50. The number of sulfone groups is 1. The quantitative estimate of drug-likeness (QED) is 0.269. The van der Waals surface area contributed by atoms with E-state index in [1.54, 1.807) is 0 Å². The maximum atomic E-state index is 13.1. The Morgan fingerprint density at radius 2 is 1.73 bits per heavy atom. The molecule has 0 amide bonds. The molecule has 4 heterocycles. The summed E-state index contributed by atoms with van der Waals surface area (Å²) in [6.45, 7) is 5.74. The molecule has 1 fully saturated rings. The second-order valence-corrected chi connectivity index (χ2v) is 13.4. The number of fused-ring (bicyclic) bond motifs is 1. The molecule has 0 bridgehead atoms. The number of anilines is 1. The molecule has 2 aromatic heterocycles. The van der Waals surface area contributed by atoms with Gasteiger partial charge in [-0.05, 0) is 59.4 Å². The first kappa shape index (κ1) is 27.4. The number of nitrogens with zero attached hydrogens (tertiary/aromatic N) is 4. The minimum Gasteiger partial charge on any atom is -0.487 e. The lowest BCUT2D eigenvalue weighted by atomic mass is 9.82. The van der Waals surface area contributed by atoms with Gasteiger partial charge in [0.15, 0.2) is 15.7 Å². The van der Waals surface area contributed by atoms with Gasteiger partial charge < -0.3 is 14.2 Å². The molecule has 1 spiro atoms. The summed E-state index contributed by atoms with van der Waals surface area (Å²) >= 11 is 0. The summed E-state index contributed by atoms with van der Waals surface area (Å²) in [6, 6.07) is 17.1. The van der Waals surface area contributed by atoms with Gasteiger partial charge >= 0.3 is 6.01 Å². The predicted molar refractivity (Wildman–Crippen MR) is 154 cm³/mol. The van der Waals surface area contributed by atoms with Gasteiger partial charge in [0.2, 0.25) is 0 Å². The van der Waals surface area contributed by atoms with Crippen LogP contribution in [0.3, 0.4) is 0 Å². The molecule has 0 atom stereocenters. The summed E-state index contributed by atoms with van der Waals surface area (Å²) in [5.41, 5.74) is 4.13. The summed E-state index contributed by atoms with van der Waals surface area (Å²) in [5, 5.41) is 4.10. The van der Waals surface area contributed by atoms with E-state index in [4.69, 9.17) is 9.26 Å². The van der Waals surface area contributed by atoms with Crippen molar-refractivity contribution in [3.8, 4) is 16.9 Å². The number of benzene rings is 2. The van der Waals surface area contributed by atoms with Crippen LogP contribution in [0.25, 0.3) is 11.1 Å². The molecule has 8 nitrogen and oxygen atoms in total. The van der Waals surface area contributed by atoms with E-state index in [2.05, 4.69) is 52.1 Å². The van der Waals surface area contributed by atoms with E-state index in [0.717, 1.165) is 67.7 Å². The first-order valence-corrected chi connectivity index (χ1v) is 15.8. The lowest BCUT2D eigenvalue weighted by molar-refractivity contribution is 0.0217. The summed E-state index contributed by atoms with van der Waals surface area (Å²) in [4.78, 5) is 10.6. The summed E-state index contributed by atoms with van der Waals surface area (Å²) in [6.07, 6.45) is 4.73. The van der Waals surface area contributed by atoms with E-state index in [1.807, 2.05) is 24.3 Å². The molecule has 41 heavy (non-hydrogen) atoms. The molecule has 0 aliphatic carbocycles. The Balaban J connectivity index is 1.08. The molecule has 214 valence electrons. The first-order chi connectivity index (χ1) is 19.7. The van der Waals surface area contributed by atoms with Crippen molar-refractivity contribution in [2.45, 2.75) is 62.6 Å². The second-order valence-electron chi connectivity index (χ2n) is 11.4.